The molecule has 0 aliphatic heterocycles. The van der Waals surface area contributed by atoms with Crippen molar-refractivity contribution >= 4 is 29.1 Å². The quantitative estimate of drug-likeness (QED) is 0.835. The van der Waals surface area contributed by atoms with Crippen molar-refractivity contribution in [3.05, 3.63) is 5.15 Å². The Kier molecular flexibility index (Phi) is 3.77. The highest BCUT2D eigenvalue weighted by Gasteiger charge is 2.27. The minimum atomic E-state index is 0.481. The van der Waals surface area contributed by atoms with Crippen LogP contribution in [0, 0.1) is 0 Å². The molecule has 15 heavy (non-hydrogen) atoms. The van der Waals surface area contributed by atoms with Crippen LogP contribution in [0.2, 0.25) is 5.15 Å². The molecule has 0 spiro atoms. The number of halogens is 1. The lowest BCUT2D eigenvalue weighted by atomic mass is 10.4. The number of nitrogens with zero attached hydrogens (tertiary/aromatic N) is 3. The molecule has 1 aliphatic rings. The highest BCUT2D eigenvalue weighted by molar-refractivity contribution is 6.99. The van der Waals surface area contributed by atoms with E-state index in [-0.39, 0.29) is 0 Å². The maximum Gasteiger partial charge on any atom is 0.186 e. The van der Waals surface area contributed by atoms with E-state index in [1.54, 1.807) is 0 Å². The molecular formula is C9H15ClN4S. The Bertz CT molecular complexity index is 313. The zero-order chi connectivity index (χ0) is 10.7. The molecule has 1 aromatic rings. The van der Waals surface area contributed by atoms with Gasteiger partial charge in [-0.25, -0.2) is 0 Å². The lowest BCUT2D eigenvalue weighted by molar-refractivity contribution is 0.289. The van der Waals surface area contributed by atoms with Crippen molar-refractivity contribution in [2.45, 2.75) is 25.8 Å². The SMILES string of the molecule is CCN(CCNc1nsnc1Cl)C1CC1. The Morgan fingerprint density at radius 3 is 2.87 bits per heavy atom. The molecule has 0 radical (unpaired) electrons. The van der Waals surface area contributed by atoms with Crippen LogP contribution >= 0.6 is 23.3 Å². The molecule has 1 aromatic heterocycles. The molecule has 0 amide bonds. The molecule has 0 aromatic carbocycles. The van der Waals surface area contributed by atoms with Crippen LogP contribution in [0.3, 0.4) is 0 Å². The Morgan fingerprint density at radius 1 is 1.53 bits per heavy atom. The average molecular weight is 247 g/mol. The van der Waals surface area contributed by atoms with Gasteiger partial charge < -0.3 is 5.32 Å². The second kappa shape index (κ2) is 5.09. The Balaban J connectivity index is 1.72. The molecule has 1 N–H and O–H groups in total. The van der Waals surface area contributed by atoms with Crippen LogP contribution in [-0.4, -0.2) is 39.3 Å². The summed E-state index contributed by atoms with van der Waals surface area (Å²) in [6.45, 7) is 5.26. The molecule has 1 saturated carbocycles. The number of nitrogens with one attached hydrogen (secondary N) is 1. The Morgan fingerprint density at radius 2 is 2.33 bits per heavy atom. The van der Waals surface area contributed by atoms with Gasteiger partial charge in [-0.05, 0) is 19.4 Å². The van der Waals surface area contributed by atoms with E-state index in [4.69, 9.17) is 11.6 Å². The van der Waals surface area contributed by atoms with Crippen molar-refractivity contribution in [1.29, 1.82) is 0 Å². The van der Waals surface area contributed by atoms with Gasteiger partial charge in [0, 0.05) is 19.1 Å². The number of hydrogen-bond acceptors (Lipinski definition) is 5. The van der Waals surface area contributed by atoms with Crippen molar-refractivity contribution < 1.29 is 0 Å². The fourth-order valence-corrected chi connectivity index (χ4v) is 2.32. The van der Waals surface area contributed by atoms with Gasteiger partial charge in [0.1, 0.15) is 0 Å². The van der Waals surface area contributed by atoms with Crippen molar-refractivity contribution in [2.24, 2.45) is 0 Å². The molecule has 1 heterocycles. The van der Waals surface area contributed by atoms with Crippen LogP contribution in [0.5, 0.6) is 0 Å². The Hall–Kier alpha value is -0.390. The molecule has 0 bridgehead atoms. The third kappa shape index (κ3) is 3.03. The zero-order valence-electron chi connectivity index (χ0n) is 8.74. The summed E-state index contributed by atoms with van der Waals surface area (Å²) in [5.74, 6) is 0.716. The van der Waals surface area contributed by atoms with Gasteiger partial charge in [0.15, 0.2) is 11.0 Å². The summed E-state index contributed by atoms with van der Waals surface area (Å²) in [5.41, 5.74) is 0. The molecule has 1 fully saturated rings. The molecule has 4 nitrogen and oxygen atoms in total. The van der Waals surface area contributed by atoms with E-state index in [1.807, 2.05) is 0 Å². The van der Waals surface area contributed by atoms with Gasteiger partial charge in [0.2, 0.25) is 0 Å². The van der Waals surface area contributed by atoms with Gasteiger partial charge in [-0.1, -0.05) is 18.5 Å². The first-order valence-electron chi connectivity index (χ1n) is 5.27. The minimum absolute atomic E-state index is 0.481. The zero-order valence-corrected chi connectivity index (χ0v) is 10.3. The fraction of sp³-hybridized carbons (Fsp3) is 0.778. The lowest BCUT2D eigenvalue weighted by Gasteiger charge is -2.19. The number of anilines is 1. The summed E-state index contributed by atoms with van der Waals surface area (Å²) in [7, 11) is 0. The van der Waals surface area contributed by atoms with Gasteiger partial charge in [0.05, 0.1) is 11.7 Å². The molecule has 84 valence electrons. The van der Waals surface area contributed by atoms with E-state index in [0.29, 0.717) is 11.0 Å². The highest BCUT2D eigenvalue weighted by atomic mass is 35.5. The molecule has 0 unspecified atom stereocenters. The number of likely N-dealkylation sites (N-methyl/N-ethyl adjacent to an activating group) is 1. The molecule has 1 aliphatic carbocycles. The van der Waals surface area contributed by atoms with Crippen molar-refractivity contribution in [1.82, 2.24) is 13.6 Å². The van der Waals surface area contributed by atoms with Crippen LogP contribution in [-0.2, 0) is 0 Å². The number of aromatic nitrogens is 2. The highest BCUT2D eigenvalue weighted by Crippen LogP contribution is 2.26. The first kappa shape index (κ1) is 11.1. The largest absolute Gasteiger partial charge is 0.365 e. The van der Waals surface area contributed by atoms with Crippen LogP contribution in [0.25, 0.3) is 0 Å². The topological polar surface area (TPSA) is 41.0 Å². The van der Waals surface area contributed by atoms with Crippen molar-refractivity contribution in [2.75, 3.05) is 25.0 Å². The smallest absolute Gasteiger partial charge is 0.186 e. The predicted octanol–water partition coefficient (Wildman–Crippen LogP) is 2.09. The van der Waals surface area contributed by atoms with Gasteiger partial charge in [0.25, 0.3) is 0 Å². The summed E-state index contributed by atoms with van der Waals surface area (Å²) < 4.78 is 7.97. The van der Waals surface area contributed by atoms with Gasteiger partial charge in [-0.2, -0.15) is 8.75 Å². The standard InChI is InChI=1S/C9H15ClN4S/c1-2-14(7-3-4-7)6-5-11-9-8(10)12-15-13-9/h7H,2-6H2,1H3,(H,11,13). The summed E-state index contributed by atoms with van der Waals surface area (Å²) in [4.78, 5) is 2.49. The predicted molar refractivity (Wildman–Crippen MR) is 63.7 cm³/mol. The molecule has 0 saturated heterocycles. The summed E-state index contributed by atoms with van der Waals surface area (Å²) >= 11 is 6.97. The summed E-state index contributed by atoms with van der Waals surface area (Å²) in [6, 6.07) is 0.820. The summed E-state index contributed by atoms with van der Waals surface area (Å²) in [5, 5.41) is 3.68. The van der Waals surface area contributed by atoms with Crippen molar-refractivity contribution in [3.63, 3.8) is 0 Å². The first-order valence-corrected chi connectivity index (χ1v) is 6.38. The third-order valence-corrected chi connectivity index (χ3v) is 3.50. The summed E-state index contributed by atoms with van der Waals surface area (Å²) in [6.07, 6.45) is 2.71. The maximum absolute atomic E-state index is 5.82. The van der Waals surface area contributed by atoms with E-state index in [9.17, 15) is 0 Å². The second-order valence-corrected chi connectivity index (χ2v) is 4.58. The van der Waals surface area contributed by atoms with E-state index >= 15 is 0 Å². The van der Waals surface area contributed by atoms with Crippen LogP contribution in [0.15, 0.2) is 0 Å². The molecule has 2 rings (SSSR count). The van der Waals surface area contributed by atoms with Crippen LogP contribution in [0.1, 0.15) is 19.8 Å². The maximum atomic E-state index is 5.82. The van der Waals surface area contributed by atoms with Gasteiger partial charge >= 0.3 is 0 Å². The fourth-order valence-electron chi connectivity index (χ4n) is 1.64. The van der Waals surface area contributed by atoms with Gasteiger partial charge in [-0.15, -0.1) is 0 Å². The minimum Gasteiger partial charge on any atom is -0.365 e. The Labute approximate surface area is 99.0 Å². The van der Waals surface area contributed by atoms with Crippen molar-refractivity contribution in [3.8, 4) is 0 Å². The van der Waals surface area contributed by atoms with Crippen LogP contribution < -0.4 is 5.32 Å². The normalized spacial score (nSPS) is 15.9. The van der Waals surface area contributed by atoms with E-state index in [1.165, 1.54) is 12.8 Å². The lowest BCUT2D eigenvalue weighted by Crippen LogP contribution is -2.30. The third-order valence-electron chi connectivity index (χ3n) is 2.61. The van der Waals surface area contributed by atoms with Crippen LogP contribution in [0.4, 0.5) is 5.82 Å². The van der Waals surface area contributed by atoms with E-state index < -0.39 is 0 Å². The second-order valence-electron chi connectivity index (χ2n) is 3.69. The van der Waals surface area contributed by atoms with Gasteiger partial charge in [-0.3, -0.25) is 4.90 Å². The number of rotatable bonds is 6. The average Bonchev–Trinajstić information content (AvgIpc) is 2.99. The monoisotopic (exact) mass is 246 g/mol. The number of hydrogen-bond donors (Lipinski definition) is 1. The van der Waals surface area contributed by atoms with E-state index in [0.717, 1.165) is 37.4 Å². The first-order chi connectivity index (χ1) is 7.31. The van der Waals surface area contributed by atoms with E-state index in [2.05, 4.69) is 25.9 Å². The molecule has 6 heteroatoms. The molecular weight excluding hydrogens is 232 g/mol. The molecule has 0 atom stereocenters.